The first kappa shape index (κ1) is 11.3. The second-order valence-corrected chi connectivity index (χ2v) is 4.47. The van der Waals surface area contributed by atoms with Crippen molar-refractivity contribution < 1.29 is 9.47 Å². The fourth-order valence-electron chi connectivity index (χ4n) is 2.28. The zero-order valence-corrected chi connectivity index (χ0v) is 10.1. The Balaban J connectivity index is 2.25. The lowest BCUT2D eigenvalue weighted by Gasteiger charge is -2.11. The van der Waals surface area contributed by atoms with Crippen molar-refractivity contribution in [3.8, 4) is 11.5 Å². The van der Waals surface area contributed by atoms with Crippen LogP contribution in [-0.2, 0) is 0 Å². The maximum Gasteiger partial charge on any atom is 0.122 e. The summed E-state index contributed by atoms with van der Waals surface area (Å²) >= 11 is 0. The molecule has 1 aromatic rings. The molecule has 3 heteroatoms. The highest BCUT2D eigenvalue weighted by Gasteiger charge is 2.42. The van der Waals surface area contributed by atoms with Gasteiger partial charge in [-0.25, -0.2) is 0 Å². The maximum atomic E-state index is 5.92. The Kier molecular flexibility index (Phi) is 3.06. The van der Waals surface area contributed by atoms with Crippen LogP contribution < -0.4 is 15.2 Å². The van der Waals surface area contributed by atoms with Crippen LogP contribution in [0.15, 0.2) is 18.2 Å². The van der Waals surface area contributed by atoms with Gasteiger partial charge in [-0.15, -0.1) is 0 Å². The lowest BCUT2D eigenvalue weighted by molar-refractivity contribution is 0.398. The van der Waals surface area contributed by atoms with Gasteiger partial charge in [-0.1, -0.05) is 0 Å². The smallest absolute Gasteiger partial charge is 0.122 e. The van der Waals surface area contributed by atoms with E-state index in [-0.39, 0.29) is 6.04 Å². The molecule has 3 nitrogen and oxygen atoms in total. The molecule has 1 saturated carbocycles. The standard InChI is InChI=1S/C13H19NO2/c1-8(14)10-7-11(10)12-6-9(15-2)4-5-13(12)16-3/h4-6,8,10-11H,7,14H2,1-3H3/t8-,10-,11-/m1/s1. The van der Waals surface area contributed by atoms with Crippen molar-refractivity contribution in [1.82, 2.24) is 0 Å². The number of hydrogen-bond acceptors (Lipinski definition) is 3. The van der Waals surface area contributed by atoms with E-state index in [0.29, 0.717) is 11.8 Å². The number of ether oxygens (including phenoxy) is 2. The van der Waals surface area contributed by atoms with Crippen molar-refractivity contribution in [1.29, 1.82) is 0 Å². The third kappa shape index (κ3) is 2.00. The summed E-state index contributed by atoms with van der Waals surface area (Å²) in [6.45, 7) is 2.07. The molecular formula is C13H19NO2. The van der Waals surface area contributed by atoms with Gasteiger partial charge in [-0.3, -0.25) is 0 Å². The molecule has 1 aromatic carbocycles. The first-order chi connectivity index (χ1) is 7.67. The van der Waals surface area contributed by atoms with Crippen LogP contribution in [0.3, 0.4) is 0 Å². The molecule has 1 aliphatic rings. The molecule has 3 atom stereocenters. The predicted octanol–water partition coefficient (Wildman–Crippen LogP) is 2.15. The lowest BCUT2D eigenvalue weighted by atomic mass is 10.1. The number of methoxy groups -OCH3 is 2. The van der Waals surface area contributed by atoms with E-state index in [1.807, 2.05) is 12.1 Å². The summed E-state index contributed by atoms with van der Waals surface area (Å²) in [7, 11) is 3.39. The zero-order chi connectivity index (χ0) is 11.7. The van der Waals surface area contributed by atoms with Crippen LogP contribution in [-0.4, -0.2) is 20.3 Å². The van der Waals surface area contributed by atoms with E-state index in [9.17, 15) is 0 Å². The van der Waals surface area contributed by atoms with E-state index >= 15 is 0 Å². The number of rotatable bonds is 4. The van der Waals surface area contributed by atoms with Gasteiger partial charge in [-0.05, 0) is 43.4 Å². The summed E-state index contributed by atoms with van der Waals surface area (Å²) in [4.78, 5) is 0. The molecule has 0 aliphatic heterocycles. The van der Waals surface area contributed by atoms with Crippen LogP contribution >= 0.6 is 0 Å². The van der Waals surface area contributed by atoms with Crippen LogP contribution in [0, 0.1) is 5.92 Å². The SMILES string of the molecule is COc1ccc(OC)c([C@@H]2C[C@@H]2[C@@H](C)N)c1. The molecule has 0 spiro atoms. The van der Waals surface area contributed by atoms with Crippen molar-refractivity contribution in [3.63, 3.8) is 0 Å². The topological polar surface area (TPSA) is 44.5 Å². The van der Waals surface area contributed by atoms with Crippen LogP contribution in [0.5, 0.6) is 11.5 Å². The molecule has 0 saturated heterocycles. The summed E-state index contributed by atoms with van der Waals surface area (Å²) in [6.07, 6.45) is 1.15. The largest absolute Gasteiger partial charge is 0.497 e. The normalized spacial score (nSPS) is 25.0. The van der Waals surface area contributed by atoms with Crippen molar-refractivity contribution in [3.05, 3.63) is 23.8 Å². The van der Waals surface area contributed by atoms with Gasteiger partial charge in [0.25, 0.3) is 0 Å². The Morgan fingerprint density at radius 1 is 1.31 bits per heavy atom. The summed E-state index contributed by atoms with van der Waals surface area (Å²) in [5, 5.41) is 0. The second kappa shape index (κ2) is 4.34. The number of benzene rings is 1. The molecule has 0 unspecified atom stereocenters. The molecule has 2 N–H and O–H groups in total. The molecule has 2 rings (SSSR count). The average Bonchev–Trinajstić information content (AvgIpc) is 3.08. The van der Waals surface area contributed by atoms with Gasteiger partial charge >= 0.3 is 0 Å². The third-order valence-corrected chi connectivity index (χ3v) is 3.35. The summed E-state index contributed by atoms with van der Waals surface area (Å²) in [5.41, 5.74) is 7.14. The number of hydrogen-bond donors (Lipinski definition) is 1. The minimum atomic E-state index is 0.251. The molecule has 0 bridgehead atoms. The fourth-order valence-corrected chi connectivity index (χ4v) is 2.28. The highest BCUT2D eigenvalue weighted by Crippen LogP contribution is 2.52. The van der Waals surface area contributed by atoms with E-state index in [1.54, 1.807) is 14.2 Å². The van der Waals surface area contributed by atoms with Crippen LogP contribution in [0.4, 0.5) is 0 Å². The molecule has 0 aromatic heterocycles. The third-order valence-electron chi connectivity index (χ3n) is 3.35. The molecule has 0 amide bonds. The summed E-state index contributed by atoms with van der Waals surface area (Å²) in [5.74, 6) is 2.94. The average molecular weight is 221 g/mol. The Hall–Kier alpha value is -1.22. The minimum Gasteiger partial charge on any atom is -0.497 e. The fraction of sp³-hybridized carbons (Fsp3) is 0.538. The van der Waals surface area contributed by atoms with E-state index in [0.717, 1.165) is 17.9 Å². The van der Waals surface area contributed by atoms with Crippen molar-refractivity contribution in [2.45, 2.75) is 25.3 Å². The van der Waals surface area contributed by atoms with E-state index in [2.05, 4.69) is 13.0 Å². The molecule has 88 valence electrons. The first-order valence-corrected chi connectivity index (χ1v) is 5.65. The minimum absolute atomic E-state index is 0.251. The molecule has 0 radical (unpaired) electrons. The Bertz CT molecular complexity index is 376. The Morgan fingerprint density at radius 2 is 2.06 bits per heavy atom. The van der Waals surface area contributed by atoms with Gasteiger partial charge in [-0.2, -0.15) is 0 Å². The Morgan fingerprint density at radius 3 is 2.56 bits per heavy atom. The van der Waals surface area contributed by atoms with Crippen LogP contribution in [0.1, 0.15) is 24.8 Å². The molecule has 1 aliphatic carbocycles. The van der Waals surface area contributed by atoms with Crippen molar-refractivity contribution >= 4 is 0 Å². The maximum absolute atomic E-state index is 5.92. The van der Waals surface area contributed by atoms with Crippen LogP contribution in [0.2, 0.25) is 0 Å². The molecule has 0 heterocycles. The second-order valence-electron chi connectivity index (χ2n) is 4.47. The highest BCUT2D eigenvalue weighted by atomic mass is 16.5. The van der Waals surface area contributed by atoms with Crippen LogP contribution in [0.25, 0.3) is 0 Å². The van der Waals surface area contributed by atoms with E-state index < -0.39 is 0 Å². The summed E-state index contributed by atoms with van der Waals surface area (Å²) < 4.78 is 10.6. The first-order valence-electron chi connectivity index (χ1n) is 5.65. The zero-order valence-electron chi connectivity index (χ0n) is 10.1. The lowest BCUT2D eigenvalue weighted by Crippen LogP contribution is -2.18. The van der Waals surface area contributed by atoms with Gasteiger partial charge in [0, 0.05) is 11.6 Å². The quantitative estimate of drug-likeness (QED) is 0.847. The predicted molar refractivity (Wildman–Crippen MR) is 64.0 cm³/mol. The molecule has 1 fully saturated rings. The van der Waals surface area contributed by atoms with Crippen molar-refractivity contribution in [2.24, 2.45) is 11.7 Å². The van der Waals surface area contributed by atoms with Gasteiger partial charge in [0.2, 0.25) is 0 Å². The van der Waals surface area contributed by atoms with E-state index in [4.69, 9.17) is 15.2 Å². The van der Waals surface area contributed by atoms with Gasteiger partial charge in [0.05, 0.1) is 14.2 Å². The highest BCUT2D eigenvalue weighted by molar-refractivity contribution is 5.45. The van der Waals surface area contributed by atoms with E-state index in [1.165, 1.54) is 5.56 Å². The van der Waals surface area contributed by atoms with Crippen molar-refractivity contribution in [2.75, 3.05) is 14.2 Å². The van der Waals surface area contributed by atoms with Gasteiger partial charge < -0.3 is 15.2 Å². The molecule has 16 heavy (non-hydrogen) atoms. The monoisotopic (exact) mass is 221 g/mol. The summed E-state index contributed by atoms with van der Waals surface area (Å²) in [6, 6.07) is 6.20. The Labute approximate surface area is 96.5 Å². The number of nitrogens with two attached hydrogens (primary N) is 1. The van der Waals surface area contributed by atoms with Gasteiger partial charge in [0.1, 0.15) is 11.5 Å². The molecular weight excluding hydrogens is 202 g/mol. The van der Waals surface area contributed by atoms with Gasteiger partial charge in [0.15, 0.2) is 0 Å².